The molecule has 1 saturated heterocycles. The van der Waals surface area contributed by atoms with E-state index in [0.29, 0.717) is 5.92 Å². The average molecular weight is 495 g/mol. The van der Waals surface area contributed by atoms with Gasteiger partial charge in [-0.05, 0) is 23.8 Å². The minimum absolute atomic E-state index is 0. The van der Waals surface area contributed by atoms with Crippen molar-refractivity contribution in [3.8, 4) is 5.75 Å². The van der Waals surface area contributed by atoms with Crippen LogP contribution in [0.3, 0.4) is 0 Å². The fourth-order valence-electron chi connectivity index (χ4n) is 3.45. The molecule has 7 heteroatoms. The molecule has 0 amide bonds. The van der Waals surface area contributed by atoms with Crippen LogP contribution in [0.15, 0.2) is 53.7 Å². The summed E-state index contributed by atoms with van der Waals surface area (Å²) in [6.45, 7) is 6.77. The van der Waals surface area contributed by atoms with Gasteiger partial charge in [0.05, 0.1) is 7.11 Å². The highest BCUT2D eigenvalue weighted by Crippen LogP contribution is 2.25. The van der Waals surface area contributed by atoms with E-state index in [2.05, 4.69) is 50.2 Å². The van der Waals surface area contributed by atoms with E-state index in [1.165, 1.54) is 5.56 Å². The molecule has 1 N–H and O–H groups in total. The zero-order chi connectivity index (χ0) is 19.1. The molecular formula is C21H30IN5O. The molecule has 28 heavy (non-hydrogen) atoms. The molecule has 0 radical (unpaired) electrons. The van der Waals surface area contributed by atoms with E-state index < -0.39 is 0 Å². The predicted octanol–water partition coefficient (Wildman–Crippen LogP) is 3.21. The number of aromatic nitrogens is 1. The lowest BCUT2D eigenvalue weighted by Gasteiger charge is -2.37. The third-order valence-electron chi connectivity index (χ3n) is 5.00. The van der Waals surface area contributed by atoms with E-state index in [1.807, 2.05) is 37.5 Å². The number of pyridine rings is 1. The van der Waals surface area contributed by atoms with Crippen molar-refractivity contribution in [1.82, 2.24) is 15.2 Å². The Bertz CT molecular complexity index is 747. The number of hydrogen-bond acceptors (Lipinski definition) is 4. The summed E-state index contributed by atoms with van der Waals surface area (Å²) in [5, 5.41) is 3.53. The zero-order valence-corrected chi connectivity index (χ0v) is 19.2. The van der Waals surface area contributed by atoms with Gasteiger partial charge in [0, 0.05) is 51.9 Å². The van der Waals surface area contributed by atoms with Gasteiger partial charge in [0.15, 0.2) is 5.96 Å². The number of halogens is 1. The highest BCUT2D eigenvalue weighted by molar-refractivity contribution is 14.0. The first-order valence-corrected chi connectivity index (χ1v) is 9.47. The molecule has 2 aromatic rings. The number of benzene rings is 1. The fraction of sp³-hybridized carbons (Fsp3) is 0.429. The molecule has 1 aliphatic rings. The van der Waals surface area contributed by atoms with Crippen LogP contribution in [0.25, 0.3) is 0 Å². The van der Waals surface area contributed by atoms with Crippen LogP contribution in [0.5, 0.6) is 5.75 Å². The zero-order valence-electron chi connectivity index (χ0n) is 16.8. The first-order valence-electron chi connectivity index (χ1n) is 9.47. The second kappa shape index (κ2) is 11.1. The summed E-state index contributed by atoms with van der Waals surface area (Å²) in [6.07, 6.45) is 1.85. The lowest BCUT2D eigenvalue weighted by molar-refractivity contribution is 0.370. The molecule has 1 aromatic carbocycles. The smallest absolute Gasteiger partial charge is 0.193 e. The van der Waals surface area contributed by atoms with Crippen molar-refractivity contribution in [2.75, 3.05) is 51.8 Å². The highest BCUT2D eigenvalue weighted by Gasteiger charge is 2.21. The summed E-state index contributed by atoms with van der Waals surface area (Å²) in [4.78, 5) is 13.6. The van der Waals surface area contributed by atoms with E-state index >= 15 is 0 Å². The number of anilines is 1. The van der Waals surface area contributed by atoms with Gasteiger partial charge in [-0.2, -0.15) is 0 Å². The van der Waals surface area contributed by atoms with Gasteiger partial charge in [-0.1, -0.05) is 31.2 Å². The van der Waals surface area contributed by atoms with Gasteiger partial charge >= 0.3 is 0 Å². The minimum Gasteiger partial charge on any atom is -0.496 e. The normalized spacial score (nSPS) is 15.6. The molecule has 0 aliphatic carbocycles. The summed E-state index contributed by atoms with van der Waals surface area (Å²) in [5.41, 5.74) is 1.21. The molecule has 1 fully saturated rings. The molecular weight excluding hydrogens is 465 g/mol. The molecule has 0 bridgehead atoms. The van der Waals surface area contributed by atoms with E-state index in [0.717, 1.165) is 50.3 Å². The highest BCUT2D eigenvalue weighted by atomic mass is 127. The molecule has 6 nitrogen and oxygen atoms in total. The monoisotopic (exact) mass is 495 g/mol. The number of ether oxygens (including phenoxy) is 1. The maximum absolute atomic E-state index is 5.49. The molecule has 2 heterocycles. The fourth-order valence-corrected chi connectivity index (χ4v) is 3.45. The molecule has 1 unspecified atom stereocenters. The van der Waals surface area contributed by atoms with E-state index in [9.17, 15) is 0 Å². The van der Waals surface area contributed by atoms with Crippen molar-refractivity contribution in [3.63, 3.8) is 0 Å². The number of para-hydroxylation sites is 1. The van der Waals surface area contributed by atoms with Gasteiger partial charge in [0.25, 0.3) is 0 Å². The van der Waals surface area contributed by atoms with E-state index in [1.54, 1.807) is 7.11 Å². The van der Waals surface area contributed by atoms with Crippen molar-refractivity contribution in [1.29, 1.82) is 0 Å². The van der Waals surface area contributed by atoms with Crippen LogP contribution >= 0.6 is 24.0 Å². The molecule has 3 rings (SSSR count). The van der Waals surface area contributed by atoms with Crippen LogP contribution in [-0.2, 0) is 0 Å². The van der Waals surface area contributed by atoms with Gasteiger partial charge < -0.3 is 19.9 Å². The SMILES string of the molecule is CN=C(NCC(C)c1ccccc1OC)N1CCN(c2ccccn2)CC1.I. The largest absolute Gasteiger partial charge is 0.496 e. The number of methoxy groups -OCH3 is 1. The van der Waals surface area contributed by atoms with Crippen molar-refractivity contribution in [3.05, 3.63) is 54.2 Å². The Kier molecular flexibility index (Phi) is 8.82. The summed E-state index contributed by atoms with van der Waals surface area (Å²) in [5.74, 6) is 3.26. The summed E-state index contributed by atoms with van der Waals surface area (Å²) in [7, 11) is 3.57. The second-order valence-electron chi connectivity index (χ2n) is 6.73. The van der Waals surface area contributed by atoms with Crippen LogP contribution in [0.1, 0.15) is 18.4 Å². The number of hydrogen-bond donors (Lipinski definition) is 1. The minimum atomic E-state index is 0. The predicted molar refractivity (Wildman–Crippen MR) is 126 cm³/mol. The first-order chi connectivity index (χ1) is 13.2. The Balaban J connectivity index is 0.00000280. The van der Waals surface area contributed by atoms with Crippen LogP contribution in [-0.4, -0.2) is 62.7 Å². The van der Waals surface area contributed by atoms with E-state index in [4.69, 9.17) is 4.74 Å². The van der Waals surface area contributed by atoms with Gasteiger partial charge in [-0.25, -0.2) is 4.98 Å². The standard InChI is InChI=1S/C21H29N5O.HI/c1-17(18-8-4-5-9-19(18)27-3)16-24-21(22-2)26-14-12-25(13-15-26)20-10-6-7-11-23-20;/h4-11,17H,12-16H2,1-3H3,(H,22,24);1H. The molecule has 1 aromatic heterocycles. The lowest BCUT2D eigenvalue weighted by atomic mass is 10.0. The number of rotatable bonds is 5. The Hall–Kier alpha value is -2.03. The average Bonchev–Trinajstić information content (AvgIpc) is 2.75. The molecule has 1 aliphatic heterocycles. The van der Waals surface area contributed by atoms with Crippen molar-refractivity contribution in [2.45, 2.75) is 12.8 Å². The number of guanidine groups is 1. The maximum Gasteiger partial charge on any atom is 0.193 e. The number of aliphatic imine (C=N–C) groups is 1. The number of nitrogens with zero attached hydrogens (tertiary/aromatic N) is 4. The van der Waals surface area contributed by atoms with Crippen molar-refractivity contribution >= 4 is 35.8 Å². The summed E-state index contributed by atoms with van der Waals surface area (Å²) >= 11 is 0. The van der Waals surface area contributed by atoms with Crippen molar-refractivity contribution < 1.29 is 4.74 Å². The van der Waals surface area contributed by atoms with E-state index in [-0.39, 0.29) is 24.0 Å². The third-order valence-corrected chi connectivity index (χ3v) is 5.00. The van der Waals surface area contributed by atoms with Crippen LogP contribution in [0.2, 0.25) is 0 Å². The van der Waals surface area contributed by atoms with Gasteiger partial charge in [-0.3, -0.25) is 4.99 Å². The Morgan fingerprint density at radius 1 is 1.14 bits per heavy atom. The topological polar surface area (TPSA) is 53.0 Å². The lowest BCUT2D eigenvalue weighted by Crippen LogP contribution is -2.53. The Labute approximate surface area is 185 Å². The number of piperazine rings is 1. The quantitative estimate of drug-likeness (QED) is 0.393. The van der Waals surface area contributed by atoms with Gasteiger partial charge in [0.2, 0.25) is 0 Å². The summed E-state index contributed by atoms with van der Waals surface area (Å²) < 4.78 is 5.49. The van der Waals surface area contributed by atoms with Gasteiger partial charge in [-0.15, -0.1) is 24.0 Å². The maximum atomic E-state index is 5.49. The molecule has 1 atom stereocenters. The first kappa shape index (κ1) is 22.3. The molecule has 152 valence electrons. The van der Waals surface area contributed by atoms with Crippen LogP contribution in [0.4, 0.5) is 5.82 Å². The molecule has 0 saturated carbocycles. The third kappa shape index (κ3) is 5.50. The van der Waals surface area contributed by atoms with Crippen LogP contribution < -0.4 is 15.0 Å². The van der Waals surface area contributed by atoms with Gasteiger partial charge in [0.1, 0.15) is 11.6 Å². The molecule has 0 spiro atoms. The van der Waals surface area contributed by atoms with Crippen molar-refractivity contribution in [2.24, 2.45) is 4.99 Å². The Morgan fingerprint density at radius 3 is 2.50 bits per heavy atom. The Morgan fingerprint density at radius 2 is 1.86 bits per heavy atom. The summed E-state index contributed by atoms with van der Waals surface area (Å²) in [6, 6.07) is 14.3. The number of nitrogens with one attached hydrogen (secondary N) is 1. The van der Waals surface area contributed by atoms with Crippen LogP contribution in [0, 0.1) is 0 Å². The second-order valence-corrected chi connectivity index (χ2v) is 6.73.